The van der Waals surface area contributed by atoms with E-state index in [2.05, 4.69) is 5.10 Å². The first-order valence-corrected chi connectivity index (χ1v) is 10.5. The maximum atomic E-state index is 13.2. The summed E-state index contributed by atoms with van der Waals surface area (Å²) in [5.74, 6) is -1.11. The Bertz CT molecular complexity index is 1130. The average Bonchev–Trinajstić information content (AvgIpc) is 2.95. The number of carboxylic acids is 1. The normalized spacial score (nSPS) is 16.0. The average molecular weight is 435 g/mol. The van der Waals surface area contributed by atoms with Crippen LogP contribution in [0, 0.1) is 0 Å². The minimum absolute atomic E-state index is 0.0868. The molecule has 0 aromatic heterocycles. The number of hydrogen-bond donors (Lipinski definition) is 2. The first kappa shape index (κ1) is 23.3. The van der Waals surface area contributed by atoms with Crippen molar-refractivity contribution in [3.63, 3.8) is 0 Å². The Hall–Kier alpha value is -3.41. The summed E-state index contributed by atoms with van der Waals surface area (Å²) < 4.78 is 0. The Morgan fingerprint density at radius 2 is 1.56 bits per heavy atom. The Morgan fingerprint density at radius 1 is 1.00 bits per heavy atom. The lowest BCUT2D eigenvalue weighted by Crippen LogP contribution is -2.21. The van der Waals surface area contributed by atoms with E-state index in [0.717, 1.165) is 16.7 Å². The molecule has 0 unspecified atom stereocenters. The highest BCUT2D eigenvalue weighted by molar-refractivity contribution is 6.32. The highest BCUT2D eigenvalue weighted by Crippen LogP contribution is 2.40. The van der Waals surface area contributed by atoms with Crippen molar-refractivity contribution in [1.82, 2.24) is 0 Å². The van der Waals surface area contributed by atoms with Crippen molar-refractivity contribution in [1.29, 1.82) is 0 Å². The smallest absolute Gasteiger partial charge is 0.335 e. The summed E-state index contributed by atoms with van der Waals surface area (Å²) in [5.41, 5.74) is 3.30. The summed E-state index contributed by atoms with van der Waals surface area (Å²) in [6.07, 6.45) is 1.78. The molecule has 0 atom stereocenters. The van der Waals surface area contributed by atoms with E-state index in [9.17, 15) is 19.8 Å². The quantitative estimate of drug-likeness (QED) is 0.625. The van der Waals surface area contributed by atoms with Gasteiger partial charge in [-0.15, -0.1) is 0 Å². The third-order valence-electron chi connectivity index (χ3n) is 5.46. The molecular formula is C26H30N2O4. The number of nitrogens with zero attached hydrogens (tertiary/aromatic N) is 2. The Labute approximate surface area is 188 Å². The van der Waals surface area contributed by atoms with Crippen LogP contribution in [0.15, 0.2) is 47.1 Å². The van der Waals surface area contributed by atoms with Crippen LogP contribution < -0.4 is 5.01 Å². The Morgan fingerprint density at radius 3 is 2.06 bits per heavy atom. The van der Waals surface area contributed by atoms with Crippen molar-refractivity contribution >= 4 is 29.4 Å². The van der Waals surface area contributed by atoms with Gasteiger partial charge in [0.05, 0.1) is 22.5 Å². The molecule has 1 aliphatic heterocycles. The fraction of sp³-hybridized carbons (Fsp3) is 0.346. The summed E-state index contributed by atoms with van der Waals surface area (Å²) in [7, 11) is 0. The number of hydrazone groups is 1. The van der Waals surface area contributed by atoms with Gasteiger partial charge in [-0.1, -0.05) is 47.6 Å². The van der Waals surface area contributed by atoms with E-state index in [4.69, 9.17) is 0 Å². The monoisotopic (exact) mass is 434 g/mol. The fourth-order valence-corrected chi connectivity index (χ4v) is 3.68. The first-order chi connectivity index (χ1) is 14.7. The number of rotatable bonds is 3. The summed E-state index contributed by atoms with van der Waals surface area (Å²) in [6.45, 7) is 14.0. The van der Waals surface area contributed by atoms with Gasteiger partial charge in [0.2, 0.25) is 0 Å². The second kappa shape index (κ2) is 7.93. The molecule has 1 aliphatic rings. The number of phenolic OH excluding ortho intramolecular Hbond substituents is 1. The molecule has 2 aromatic carbocycles. The molecule has 3 rings (SSSR count). The zero-order valence-corrected chi connectivity index (χ0v) is 19.6. The summed E-state index contributed by atoms with van der Waals surface area (Å²) in [6, 6.07) is 9.95. The molecule has 0 fully saturated rings. The van der Waals surface area contributed by atoms with E-state index in [-0.39, 0.29) is 28.1 Å². The minimum Gasteiger partial charge on any atom is -0.507 e. The molecule has 0 saturated carbocycles. The van der Waals surface area contributed by atoms with Gasteiger partial charge in [-0.05, 0) is 59.7 Å². The minimum atomic E-state index is -1.07. The number of benzene rings is 2. The van der Waals surface area contributed by atoms with Crippen LogP contribution in [0.2, 0.25) is 0 Å². The molecule has 2 N–H and O–H groups in total. The molecule has 0 radical (unpaired) electrons. The largest absolute Gasteiger partial charge is 0.507 e. The third kappa shape index (κ3) is 4.44. The zero-order valence-electron chi connectivity index (χ0n) is 19.6. The number of carbonyl (C=O) groups is 2. The van der Waals surface area contributed by atoms with Crippen LogP contribution in [0.5, 0.6) is 5.75 Å². The van der Waals surface area contributed by atoms with Gasteiger partial charge in [0.25, 0.3) is 5.91 Å². The van der Waals surface area contributed by atoms with E-state index < -0.39 is 5.97 Å². The van der Waals surface area contributed by atoms with Gasteiger partial charge in [0.1, 0.15) is 5.75 Å². The standard InChI is InChI=1S/C26H30N2O4/c1-15-19(23(30)28(27-15)18-10-8-9-17(14-18)24(31)32)11-16-12-20(25(2,3)4)22(29)21(13-16)26(5,6)7/h8-14,29H,1-7H3,(H,31,32)/b19-11-. The van der Waals surface area contributed by atoms with Crippen molar-refractivity contribution in [3.05, 3.63) is 64.2 Å². The predicted molar refractivity (Wildman–Crippen MR) is 127 cm³/mol. The molecule has 6 nitrogen and oxygen atoms in total. The third-order valence-corrected chi connectivity index (χ3v) is 5.46. The van der Waals surface area contributed by atoms with E-state index in [1.54, 1.807) is 25.1 Å². The van der Waals surface area contributed by atoms with Crippen molar-refractivity contribution in [3.8, 4) is 5.75 Å². The molecule has 1 amide bonds. The lowest BCUT2D eigenvalue weighted by molar-refractivity contribution is -0.114. The molecule has 0 spiro atoms. The molecule has 0 saturated heterocycles. The van der Waals surface area contributed by atoms with Gasteiger partial charge in [0.15, 0.2) is 0 Å². The number of aromatic carboxylic acids is 1. The van der Waals surface area contributed by atoms with Gasteiger partial charge >= 0.3 is 5.97 Å². The van der Waals surface area contributed by atoms with Gasteiger partial charge in [-0.2, -0.15) is 10.1 Å². The highest BCUT2D eigenvalue weighted by Gasteiger charge is 2.30. The predicted octanol–water partition coefficient (Wildman–Crippen LogP) is 5.49. The fourth-order valence-electron chi connectivity index (χ4n) is 3.68. The molecule has 1 heterocycles. The van der Waals surface area contributed by atoms with E-state index in [1.165, 1.54) is 17.1 Å². The van der Waals surface area contributed by atoms with Crippen molar-refractivity contribution in [2.45, 2.75) is 59.3 Å². The maximum absolute atomic E-state index is 13.2. The number of hydrogen-bond acceptors (Lipinski definition) is 4. The molecule has 6 heteroatoms. The molecular weight excluding hydrogens is 404 g/mol. The lowest BCUT2D eigenvalue weighted by atomic mass is 9.78. The summed E-state index contributed by atoms with van der Waals surface area (Å²) in [4.78, 5) is 24.5. The van der Waals surface area contributed by atoms with Gasteiger partial charge < -0.3 is 10.2 Å². The molecule has 32 heavy (non-hydrogen) atoms. The first-order valence-electron chi connectivity index (χ1n) is 10.5. The topological polar surface area (TPSA) is 90.2 Å². The van der Waals surface area contributed by atoms with Crippen LogP contribution in [-0.4, -0.2) is 27.8 Å². The van der Waals surface area contributed by atoms with Crippen LogP contribution in [0.4, 0.5) is 5.69 Å². The number of carbonyl (C=O) groups excluding carboxylic acids is 1. The number of carboxylic acid groups (broad SMARTS) is 1. The molecule has 0 bridgehead atoms. The Kier molecular flexibility index (Phi) is 5.77. The highest BCUT2D eigenvalue weighted by atomic mass is 16.4. The van der Waals surface area contributed by atoms with Crippen molar-refractivity contribution in [2.75, 3.05) is 5.01 Å². The lowest BCUT2D eigenvalue weighted by Gasteiger charge is -2.28. The van der Waals surface area contributed by atoms with Crippen molar-refractivity contribution < 1.29 is 19.8 Å². The van der Waals surface area contributed by atoms with Gasteiger partial charge in [-0.25, -0.2) is 4.79 Å². The van der Waals surface area contributed by atoms with Gasteiger partial charge in [-0.3, -0.25) is 4.79 Å². The van der Waals surface area contributed by atoms with Crippen LogP contribution in [0.25, 0.3) is 6.08 Å². The van der Waals surface area contributed by atoms with Crippen LogP contribution in [-0.2, 0) is 15.6 Å². The summed E-state index contributed by atoms with van der Waals surface area (Å²) in [5, 5.41) is 25.8. The number of phenols is 1. The number of amides is 1. The molecule has 0 aliphatic carbocycles. The zero-order chi connectivity index (χ0) is 24.0. The second-order valence-corrected chi connectivity index (χ2v) is 10.2. The SMILES string of the molecule is CC1=NN(c2cccc(C(=O)O)c2)C(=O)/C1=C\c1cc(C(C)(C)C)c(O)c(C(C)(C)C)c1. The van der Waals surface area contributed by atoms with Crippen LogP contribution in [0.1, 0.15) is 75.5 Å². The second-order valence-electron chi connectivity index (χ2n) is 10.2. The Balaban J connectivity index is 2.09. The van der Waals surface area contributed by atoms with E-state index in [1.807, 2.05) is 53.7 Å². The maximum Gasteiger partial charge on any atom is 0.335 e. The van der Waals surface area contributed by atoms with Crippen LogP contribution in [0.3, 0.4) is 0 Å². The van der Waals surface area contributed by atoms with Gasteiger partial charge in [0, 0.05) is 11.1 Å². The van der Waals surface area contributed by atoms with E-state index in [0.29, 0.717) is 17.0 Å². The number of aromatic hydroxyl groups is 1. The molecule has 2 aromatic rings. The van der Waals surface area contributed by atoms with E-state index >= 15 is 0 Å². The van der Waals surface area contributed by atoms with Crippen LogP contribution >= 0.6 is 0 Å². The molecule has 168 valence electrons. The number of anilines is 1. The summed E-state index contributed by atoms with van der Waals surface area (Å²) >= 11 is 0. The van der Waals surface area contributed by atoms with Crippen molar-refractivity contribution in [2.24, 2.45) is 5.10 Å².